The van der Waals surface area contributed by atoms with Crippen molar-refractivity contribution in [1.82, 2.24) is 19.7 Å². The number of hydrogen-bond donors (Lipinski definition) is 2. The molecule has 2 heterocycles. The minimum absolute atomic E-state index is 0.119. The number of carbonyl (C=O) groups is 1. The van der Waals surface area contributed by atoms with E-state index in [9.17, 15) is 4.79 Å². The van der Waals surface area contributed by atoms with Crippen LogP contribution in [0.1, 0.15) is 66.8 Å². The standard InChI is InChI=1S/C21H23N5O2/c27-20(28)15-11-22-26(12-15)21-24-18-9-6-14(13-4-2-1-3-5-13)10-17(18)19(25-21)23-16-7-8-16/h6,9-13,16H,1-5,7-8H2,(H,27,28)(H,23,24,25). The van der Waals surface area contributed by atoms with Crippen LogP contribution in [0, 0.1) is 0 Å². The largest absolute Gasteiger partial charge is 0.478 e. The third kappa shape index (κ3) is 3.32. The summed E-state index contributed by atoms with van der Waals surface area (Å²) in [5.74, 6) is 0.803. The fraction of sp³-hybridized carbons (Fsp3) is 0.429. The van der Waals surface area contributed by atoms with Crippen LogP contribution in [0.3, 0.4) is 0 Å². The molecule has 0 radical (unpaired) electrons. The molecule has 5 rings (SSSR count). The van der Waals surface area contributed by atoms with Gasteiger partial charge in [0.15, 0.2) is 0 Å². The first-order chi connectivity index (χ1) is 13.7. The fourth-order valence-electron chi connectivity index (χ4n) is 4.00. The normalized spacial score (nSPS) is 17.7. The number of aromatic carboxylic acids is 1. The molecule has 7 nitrogen and oxygen atoms in total. The Balaban J connectivity index is 1.58. The van der Waals surface area contributed by atoms with Crippen molar-refractivity contribution in [3.05, 3.63) is 41.7 Å². The Hall–Kier alpha value is -2.96. The number of hydrogen-bond acceptors (Lipinski definition) is 5. The monoisotopic (exact) mass is 377 g/mol. The van der Waals surface area contributed by atoms with E-state index >= 15 is 0 Å². The first-order valence-corrected chi connectivity index (χ1v) is 10.0. The van der Waals surface area contributed by atoms with Gasteiger partial charge in [0.25, 0.3) is 5.95 Å². The van der Waals surface area contributed by atoms with Crippen LogP contribution in [0.2, 0.25) is 0 Å². The Bertz CT molecular complexity index is 1030. The molecule has 0 amide bonds. The maximum Gasteiger partial charge on any atom is 0.338 e. The van der Waals surface area contributed by atoms with Crippen LogP contribution in [-0.2, 0) is 0 Å². The first kappa shape index (κ1) is 17.2. The minimum atomic E-state index is -1.01. The maximum absolute atomic E-state index is 11.2. The minimum Gasteiger partial charge on any atom is -0.478 e. The molecular formula is C21H23N5O2. The molecular weight excluding hydrogens is 354 g/mol. The highest BCUT2D eigenvalue weighted by Gasteiger charge is 2.24. The average molecular weight is 377 g/mol. The summed E-state index contributed by atoms with van der Waals surface area (Å²) < 4.78 is 1.43. The van der Waals surface area contributed by atoms with Gasteiger partial charge in [-0.25, -0.2) is 14.5 Å². The van der Waals surface area contributed by atoms with Gasteiger partial charge in [0.05, 0.1) is 17.3 Å². The van der Waals surface area contributed by atoms with Gasteiger partial charge in [0.2, 0.25) is 0 Å². The number of anilines is 1. The molecule has 2 saturated carbocycles. The van der Waals surface area contributed by atoms with Crippen molar-refractivity contribution in [3.8, 4) is 5.95 Å². The molecule has 2 aromatic heterocycles. The number of benzene rings is 1. The Morgan fingerprint density at radius 2 is 1.93 bits per heavy atom. The fourth-order valence-corrected chi connectivity index (χ4v) is 4.00. The summed E-state index contributed by atoms with van der Waals surface area (Å²) in [6.07, 6.45) is 11.5. The predicted octanol–water partition coefficient (Wildman–Crippen LogP) is 4.14. The van der Waals surface area contributed by atoms with Gasteiger partial charge in [-0.05, 0) is 49.3 Å². The summed E-state index contributed by atoms with van der Waals surface area (Å²) in [6.45, 7) is 0. The lowest BCUT2D eigenvalue weighted by Crippen LogP contribution is -2.10. The van der Waals surface area contributed by atoms with Gasteiger partial charge in [-0.3, -0.25) is 0 Å². The number of nitrogens with zero attached hydrogens (tertiary/aromatic N) is 4. The SMILES string of the molecule is O=C(O)c1cnn(-c2nc(NC3CC3)c3cc(C4CCCCC4)ccc3n2)c1. The lowest BCUT2D eigenvalue weighted by atomic mass is 9.84. The second kappa shape index (κ2) is 6.89. The lowest BCUT2D eigenvalue weighted by Gasteiger charge is -2.22. The lowest BCUT2D eigenvalue weighted by molar-refractivity contribution is 0.0697. The van der Waals surface area contributed by atoms with Crippen LogP contribution in [0.5, 0.6) is 0 Å². The topological polar surface area (TPSA) is 92.9 Å². The van der Waals surface area contributed by atoms with Gasteiger partial charge in [-0.1, -0.05) is 25.3 Å². The Kier molecular flexibility index (Phi) is 4.22. The molecule has 1 aromatic carbocycles. The highest BCUT2D eigenvalue weighted by atomic mass is 16.4. The van der Waals surface area contributed by atoms with E-state index in [0.717, 1.165) is 29.6 Å². The zero-order valence-electron chi connectivity index (χ0n) is 15.6. The van der Waals surface area contributed by atoms with Crippen molar-refractivity contribution in [2.24, 2.45) is 0 Å². The van der Waals surface area contributed by atoms with Crippen LogP contribution < -0.4 is 5.32 Å². The molecule has 3 aromatic rings. The predicted molar refractivity (Wildman–Crippen MR) is 106 cm³/mol. The number of carboxylic acid groups (broad SMARTS) is 1. The van der Waals surface area contributed by atoms with Crippen LogP contribution >= 0.6 is 0 Å². The molecule has 0 spiro atoms. The number of nitrogens with one attached hydrogen (secondary N) is 1. The Labute approximate surface area is 162 Å². The van der Waals surface area contributed by atoms with Crippen molar-refractivity contribution >= 4 is 22.7 Å². The van der Waals surface area contributed by atoms with Crippen molar-refractivity contribution in [3.63, 3.8) is 0 Å². The molecule has 2 fully saturated rings. The van der Waals surface area contributed by atoms with E-state index in [4.69, 9.17) is 10.1 Å². The average Bonchev–Trinajstić information content (AvgIpc) is 3.39. The van der Waals surface area contributed by atoms with E-state index in [1.54, 1.807) is 0 Å². The van der Waals surface area contributed by atoms with Crippen molar-refractivity contribution in [2.45, 2.75) is 56.9 Å². The molecule has 7 heteroatoms. The third-order valence-electron chi connectivity index (χ3n) is 5.74. The summed E-state index contributed by atoms with van der Waals surface area (Å²) in [5.41, 5.74) is 2.34. The van der Waals surface area contributed by atoms with E-state index in [1.807, 2.05) is 0 Å². The molecule has 144 valence electrons. The number of fused-ring (bicyclic) bond motifs is 1. The maximum atomic E-state index is 11.2. The van der Waals surface area contributed by atoms with Gasteiger partial charge >= 0.3 is 5.97 Å². The molecule has 2 aliphatic carbocycles. The molecule has 0 bridgehead atoms. The van der Waals surface area contributed by atoms with Gasteiger partial charge in [0, 0.05) is 17.6 Å². The van der Waals surface area contributed by atoms with E-state index in [-0.39, 0.29) is 5.56 Å². The summed E-state index contributed by atoms with van der Waals surface area (Å²) in [7, 11) is 0. The van der Waals surface area contributed by atoms with Crippen LogP contribution in [0.25, 0.3) is 16.9 Å². The smallest absolute Gasteiger partial charge is 0.338 e. The zero-order chi connectivity index (χ0) is 19.1. The molecule has 28 heavy (non-hydrogen) atoms. The highest BCUT2D eigenvalue weighted by molar-refractivity contribution is 5.90. The second-order valence-electron chi connectivity index (χ2n) is 7.88. The molecule has 0 unspecified atom stereocenters. The van der Waals surface area contributed by atoms with Crippen molar-refractivity contribution in [2.75, 3.05) is 5.32 Å². The number of aromatic nitrogens is 4. The molecule has 0 aliphatic heterocycles. The van der Waals surface area contributed by atoms with Gasteiger partial charge in [-0.15, -0.1) is 0 Å². The first-order valence-electron chi connectivity index (χ1n) is 10.0. The summed E-state index contributed by atoms with van der Waals surface area (Å²) in [6, 6.07) is 6.94. The molecule has 2 N–H and O–H groups in total. The zero-order valence-corrected chi connectivity index (χ0v) is 15.6. The summed E-state index contributed by atoms with van der Waals surface area (Å²) >= 11 is 0. The highest BCUT2D eigenvalue weighted by Crippen LogP contribution is 2.36. The second-order valence-corrected chi connectivity index (χ2v) is 7.88. The van der Waals surface area contributed by atoms with Gasteiger partial charge in [0.1, 0.15) is 5.82 Å². The number of carboxylic acids is 1. The quantitative estimate of drug-likeness (QED) is 0.694. The summed E-state index contributed by atoms with van der Waals surface area (Å²) in [4.78, 5) is 20.5. The van der Waals surface area contributed by atoms with Crippen LogP contribution in [-0.4, -0.2) is 36.9 Å². The molecule has 0 saturated heterocycles. The van der Waals surface area contributed by atoms with Crippen molar-refractivity contribution < 1.29 is 9.90 Å². The van der Waals surface area contributed by atoms with E-state index in [2.05, 4.69) is 33.6 Å². The third-order valence-corrected chi connectivity index (χ3v) is 5.74. The van der Waals surface area contributed by atoms with Gasteiger partial charge in [-0.2, -0.15) is 10.1 Å². The summed E-state index contributed by atoms with van der Waals surface area (Å²) in [5, 5.41) is 17.8. The van der Waals surface area contributed by atoms with Crippen molar-refractivity contribution in [1.29, 1.82) is 0 Å². The van der Waals surface area contributed by atoms with E-state index < -0.39 is 5.97 Å². The van der Waals surface area contributed by atoms with Gasteiger partial charge < -0.3 is 10.4 Å². The Morgan fingerprint density at radius 1 is 1.11 bits per heavy atom. The molecule has 2 aliphatic rings. The Morgan fingerprint density at radius 3 is 2.64 bits per heavy atom. The van der Waals surface area contributed by atoms with E-state index in [1.165, 1.54) is 54.7 Å². The van der Waals surface area contributed by atoms with E-state index in [0.29, 0.717) is 17.9 Å². The number of rotatable bonds is 5. The van der Waals surface area contributed by atoms with Crippen LogP contribution in [0.15, 0.2) is 30.6 Å². The molecule has 0 atom stereocenters. The van der Waals surface area contributed by atoms with Crippen LogP contribution in [0.4, 0.5) is 5.82 Å².